The highest BCUT2D eigenvalue weighted by atomic mass is 19.1. The van der Waals surface area contributed by atoms with Gasteiger partial charge in [0.1, 0.15) is 12.1 Å². The van der Waals surface area contributed by atoms with Crippen LogP contribution in [0.2, 0.25) is 0 Å². The second-order valence-electron chi connectivity index (χ2n) is 10.1. The number of rotatable bonds is 6. The number of anilines is 2. The van der Waals surface area contributed by atoms with Gasteiger partial charge in [-0.2, -0.15) is 20.3 Å². The Hall–Kier alpha value is -4.71. The average Bonchev–Trinajstić information content (AvgIpc) is 3.32. The van der Waals surface area contributed by atoms with Gasteiger partial charge in [-0.05, 0) is 44.2 Å². The van der Waals surface area contributed by atoms with Gasteiger partial charge < -0.3 is 20.3 Å². The van der Waals surface area contributed by atoms with Crippen molar-refractivity contribution in [2.24, 2.45) is 7.05 Å². The lowest BCUT2D eigenvalue weighted by molar-refractivity contribution is 0.102. The SMILES string of the molecule is CC1CN(c2ccc(C(=O)Nc3cc(F)c4nn(C)cc4c3)c3nc(OCc4ccnnc4)ncc23)CC(C)N1. The Kier molecular flexibility index (Phi) is 6.68. The van der Waals surface area contributed by atoms with E-state index in [1.807, 2.05) is 6.07 Å². The van der Waals surface area contributed by atoms with Crippen molar-refractivity contribution < 1.29 is 13.9 Å². The molecule has 0 aliphatic carbocycles. The number of fused-ring (bicyclic) bond motifs is 2. The van der Waals surface area contributed by atoms with Crippen molar-refractivity contribution in [1.29, 1.82) is 0 Å². The maximum absolute atomic E-state index is 14.7. The first-order valence-electron chi connectivity index (χ1n) is 13.0. The Morgan fingerprint density at radius 2 is 1.95 bits per heavy atom. The molecule has 2 aromatic carbocycles. The van der Waals surface area contributed by atoms with E-state index in [1.165, 1.54) is 10.7 Å². The maximum Gasteiger partial charge on any atom is 0.317 e. The predicted octanol–water partition coefficient (Wildman–Crippen LogP) is 3.46. The monoisotopic (exact) mass is 541 g/mol. The van der Waals surface area contributed by atoms with Crippen molar-refractivity contribution in [1.82, 2.24) is 35.3 Å². The Bertz CT molecular complexity index is 1700. The molecular formula is C28H28FN9O2. The molecule has 1 aliphatic heterocycles. The van der Waals surface area contributed by atoms with E-state index in [9.17, 15) is 9.18 Å². The van der Waals surface area contributed by atoms with Gasteiger partial charge in [0.2, 0.25) is 0 Å². The molecule has 6 rings (SSSR count). The Morgan fingerprint density at radius 1 is 1.12 bits per heavy atom. The van der Waals surface area contributed by atoms with Crippen LogP contribution in [-0.2, 0) is 13.7 Å². The number of nitrogens with zero attached hydrogens (tertiary/aromatic N) is 7. The molecule has 0 saturated carbocycles. The number of piperazine rings is 1. The molecule has 2 atom stereocenters. The summed E-state index contributed by atoms with van der Waals surface area (Å²) < 4.78 is 22.0. The molecule has 11 nitrogen and oxygen atoms in total. The molecule has 40 heavy (non-hydrogen) atoms. The average molecular weight is 542 g/mol. The van der Waals surface area contributed by atoms with Crippen molar-refractivity contribution in [2.75, 3.05) is 23.3 Å². The zero-order valence-corrected chi connectivity index (χ0v) is 22.3. The molecule has 4 heterocycles. The smallest absolute Gasteiger partial charge is 0.317 e. The van der Waals surface area contributed by atoms with Crippen molar-refractivity contribution in [2.45, 2.75) is 32.5 Å². The van der Waals surface area contributed by atoms with Crippen LogP contribution in [0.3, 0.4) is 0 Å². The second-order valence-corrected chi connectivity index (χ2v) is 10.1. The topological polar surface area (TPSA) is 123 Å². The number of halogens is 1. The number of hydrogen-bond donors (Lipinski definition) is 2. The number of hydrogen-bond acceptors (Lipinski definition) is 9. The van der Waals surface area contributed by atoms with Crippen molar-refractivity contribution in [3.05, 3.63) is 72.1 Å². The number of aromatic nitrogens is 6. The molecule has 3 aromatic heterocycles. The fourth-order valence-electron chi connectivity index (χ4n) is 5.18. The largest absolute Gasteiger partial charge is 0.459 e. The van der Waals surface area contributed by atoms with Gasteiger partial charge in [0.15, 0.2) is 5.82 Å². The van der Waals surface area contributed by atoms with Gasteiger partial charge in [-0.15, -0.1) is 0 Å². The van der Waals surface area contributed by atoms with Crippen LogP contribution in [0.25, 0.3) is 21.8 Å². The minimum Gasteiger partial charge on any atom is -0.459 e. The van der Waals surface area contributed by atoms with Crippen LogP contribution in [0, 0.1) is 5.82 Å². The highest BCUT2D eigenvalue weighted by Gasteiger charge is 2.25. The maximum atomic E-state index is 14.7. The summed E-state index contributed by atoms with van der Waals surface area (Å²) in [7, 11) is 1.72. The van der Waals surface area contributed by atoms with E-state index in [0.717, 1.165) is 29.7 Å². The summed E-state index contributed by atoms with van der Waals surface area (Å²) in [6, 6.07) is 9.10. The van der Waals surface area contributed by atoms with E-state index < -0.39 is 11.7 Å². The molecule has 2 N–H and O–H groups in total. The first kappa shape index (κ1) is 25.6. The first-order valence-corrected chi connectivity index (χ1v) is 13.0. The zero-order chi connectivity index (χ0) is 27.8. The number of benzene rings is 2. The van der Waals surface area contributed by atoms with E-state index in [1.54, 1.807) is 50.0 Å². The Labute approximate surface area is 229 Å². The lowest BCUT2D eigenvalue weighted by Gasteiger charge is -2.38. The van der Waals surface area contributed by atoms with E-state index in [2.05, 4.69) is 54.6 Å². The summed E-state index contributed by atoms with van der Waals surface area (Å²) in [6.07, 6.45) is 6.56. The molecule has 5 aromatic rings. The van der Waals surface area contributed by atoms with Crippen LogP contribution >= 0.6 is 0 Å². The molecule has 1 saturated heterocycles. The molecule has 12 heteroatoms. The summed E-state index contributed by atoms with van der Waals surface area (Å²) in [4.78, 5) is 24.9. The summed E-state index contributed by atoms with van der Waals surface area (Å²) in [5.74, 6) is -0.941. The van der Waals surface area contributed by atoms with E-state index in [0.29, 0.717) is 22.2 Å². The summed E-state index contributed by atoms with van der Waals surface area (Å²) in [6.45, 7) is 6.06. The van der Waals surface area contributed by atoms with Crippen LogP contribution in [0.15, 0.2) is 55.1 Å². The normalized spacial score (nSPS) is 17.4. The zero-order valence-electron chi connectivity index (χ0n) is 22.3. The Balaban J connectivity index is 1.37. The van der Waals surface area contributed by atoms with E-state index >= 15 is 0 Å². The van der Waals surface area contributed by atoms with Gasteiger partial charge in [-0.1, -0.05) is 0 Å². The van der Waals surface area contributed by atoms with Crippen LogP contribution in [0.1, 0.15) is 29.8 Å². The Morgan fingerprint density at radius 3 is 2.73 bits per heavy atom. The predicted molar refractivity (Wildman–Crippen MR) is 149 cm³/mol. The summed E-state index contributed by atoms with van der Waals surface area (Å²) >= 11 is 0. The lowest BCUT2D eigenvalue weighted by Crippen LogP contribution is -2.54. The van der Waals surface area contributed by atoms with Gasteiger partial charge in [0.05, 0.1) is 17.3 Å². The number of ether oxygens (including phenoxy) is 1. The quantitative estimate of drug-likeness (QED) is 0.333. The third-order valence-corrected chi connectivity index (χ3v) is 6.80. The molecule has 1 aliphatic rings. The lowest BCUT2D eigenvalue weighted by atomic mass is 10.0. The van der Waals surface area contributed by atoms with Gasteiger partial charge in [0, 0.05) is 78.5 Å². The molecule has 2 unspecified atom stereocenters. The first-order chi connectivity index (χ1) is 19.3. The summed E-state index contributed by atoms with van der Waals surface area (Å²) in [5, 5.41) is 19.4. The van der Waals surface area contributed by atoms with Crippen LogP contribution in [0.4, 0.5) is 15.8 Å². The molecule has 0 bridgehead atoms. The molecule has 204 valence electrons. The van der Waals surface area contributed by atoms with Crippen LogP contribution < -0.4 is 20.3 Å². The molecule has 1 amide bonds. The highest BCUT2D eigenvalue weighted by Crippen LogP contribution is 2.31. The van der Waals surface area contributed by atoms with Crippen LogP contribution in [-0.4, -0.2) is 61.0 Å². The third-order valence-electron chi connectivity index (χ3n) is 6.80. The third kappa shape index (κ3) is 5.13. The number of aryl methyl sites for hydroxylation is 1. The van der Waals surface area contributed by atoms with Crippen LogP contribution in [0.5, 0.6) is 6.01 Å². The fraction of sp³-hybridized carbons (Fsp3) is 0.286. The van der Waals surface area contributed by atoms with Gasteiger partial charge >= 0.3 is 6.01 Å². The van der Waals surface area contributed by atoms with Gasteiger partial charge in [-0.25, -0.2) is 9.37 Å². The molecular weight excluding hydrogens is 513 g/mol. The number of carbonyl (C=O) groups is 1. The van der Waals surface area contributed by atoms with E-state index in [4.69, 9.17) is 4.74 Å². The van der Waals surface area contributed by atoms with Crippen molar-refractivity contribution in [3.63, 3.8) is 0 Å². The number of nitrogens with one attached hydrogen (secondary N) is 2. The van der Waals surface area contributed by atoms with Crippen molar-refractivity contribution in [3.8, 4) is 6.01 Å². The number of amides is 1. The fourth-order valence-corrected chi connectivity index (χ4v) is 5.18. The minimum absolute atomic E-state index is 0.125. The van der Waals surface area contributed by atoms with Gasteiger partial charge in [-0.3, -0.25) is 9.48 Å². The minimum atomic E-state index is -0.515. The van der Waals surface area contributed by atoms with Crippen molar-refractivity contribution >= 4 is 39.1 Å². The van der Waals surface area contributed by atoms with E-state index in [-0.39, 0.29) is 30.2 Å². The summed E-state index contributed by atoms with van der Waals surface area (Å²) in [5.41, 5.74) is 3.06. The standard InChI is InChI=1S/C28H28FN9O2/c1-16-12-38(13-17(2)33-16)24-5-4-21(27(39)34-20-8-19-14-37(3)36-25(19)23(29)9-20)26-22(24)11-30-28(35-26)40-15-18-6-7-31-32-10-18/h4-11,14,16-17,33H,12-13,15H2,1-3H3,(H,34,39). The molecule has 0 radical (unpaired) electrons. The van der Waals surface area contributed by atoms with Gasteiger partial charge in [0.25, 0.3) is 5.91 Å². The second kappa shape index (κ2) is 10.5. The number of carbonyl (C=O) groups excluding carboxylic acids is 1. The molecule has 1 fully saturated rings. The molecule has 0 spiro atoms. The highest BCUT2D eigenvalue weighted by molar-refractivity contribution is 6.14.